The summed E-state index contributed by atoms with van der Waals surface area (Å²) in [6.07, 6.45) is 0.934. The Labute approximate surface area is 185 Å². The van der Waals surface area contributed by atoms with Gasteiger partial charge in [-0.25, -0.2) is 0 Å². The predicted octanol–water partition coefficient (Wildman–Crippen LogP) is 2.25. The molecule has 8 heteroatoms. The molecule has 1 atom stereocenters. The molecule has 1 aliphatic rings. The van der Waals surface area contributed by atoms with E-state index in [-0.39, 0.29) is 41.8 Å². The fourth-order valence-corrected chi connectivity index (χ4v) is 3.08. The van der Waals surface area contributed by atoms with Gasteiger partial charge in [0, 0.05) is 44.2 Å². The molecule has 0 aliphatic carbocycles. The number of benzene rings is 1. The molecule has 0 bridgehead atoms. The van der Waals surface area contributed by atoms with E-state index in [1.54, 1.807) is 14.2 Å². The first kappa shape index (κ1) is 24.5. The van der Waals surface area contributed by atoms with Gasteiger partial charge in [0.25, 0.3) is 0 Å². The lowest BCUT2D eigenvalue weighted by Gasteiger charge is -2.20. The molecule has 1 saturated heterocycles. The van der Waals surface area contributed by atoms with Gasteiger partial charge in [-0.2, -0.15) is 0 Å². The number of para-hydroxylation sites is 1. The molecule has 158 valence electrons. The lowest BCUT2D eigenvalue weighted by Crippen LogP contribution is -2.46. The highest BCUT2D eigenvalue weighted by atomic mass is 127. The highest BCUT2D eigenvalue weighted by Gasteiger charge is 2.27. The Kier molecular flexibility index (Phi) is 11.2. The number of amides is 1. The van der Waals surface area contributed by atoms with Crippen molar-refractivity contribution in [3.05, 3.63) is 29.8 Å². The van der Waals surface area contributed by atoms with Crippen molar-refractivity contribution in [3.63, 3.8) is 0 Å². The second kappa shape index (κ2) is 12.8. The summed E-state index contributed by atoms with van der Waals surface area (Å²) in [4.78, 5) is 18.3. The van der Waals surface area contributed by atoms with Crippen molar-refractivity contribution in [3.8, 4) is 5.75 Å². The first-order valence-electron chi connectivity index (χ1n) is 9.50. The van der Waals surface area contributed by atoms with Crippen molar-refractivity contribution in [1.82, 2.24) is 15.5 Å². The average Bonchev–Trinajstić information content (AvgIpc) is 3.14. The van der Waals surface area contributed by atoms with Crippen LogP contribution < -0.4 is 15.4 Å². The Morgan fingerprint density at radius 1 is 1.36 bits per heavy atom. The number of aliphatic imine (C=N–C) groups is 1. The molecule has 7 nitrogen and oxygen atoms in total. The number of hydrogen-bond acceptors (Lipinski definition) is 4. The summed E-state index contributed by atoms with van der Waals surface area (Å²) in [7, 11) is 3.41. The molecule has 1 aromatic carbocycles. The smallest absolute Gasteiger partial charge is 0.225 e. The molecule has 0 saturated carbocycles. The molecule has 0 spiro atoms. The van der Waals surface area contributed by atoms with Crippen molar-refractivity contribution >= 4 is 35.8 Å². The first-order chi connectivity index (χ1) is 13.0. The molecule has 2 rings (SSSR count). The van der Waals surface area contributed by atoms with Crippen LogP contribution in [0.2, 0.25) is 0 Å². The van der Waals surface area contributed by atoms with Gasteiger partial charge >= 0.3 is 0 Å². The van der Waals surface area contributed by atoms with Crippen LogP contribution in [0.1, 0.15) is 25.8 Å². The molecule has 1 aromatic rings. The van der Waals surface area contributed by atoms with Gasteiger partial charge in [0.05, 0.1) is 20.3 Å². The Morgan fingerprint density at radius 3 is 2.79 bits per heavy atom. The minimum atomic E-state index is 0. The SMILES string of the molecule is CN=C(NCCOCc1ccccc1OC)NC1CCN(C(=O)C(C)C)C1.I. The molecule has 2 N–H and O–H groups in total. The number of guanidine groups is 1. The predicted molar refractivity (Wildman–Crippen MR) is 122 cm³/mol. The highest BCUT2D eigenvalue weighted by molar-refractivity contribution is 14.0. The summed E-state index contributed by atoms with van der Waals surface area (Å²) >= 11 is 0. The topological polar surface area (TPSA) is 75.2 Å². The van der Waals surface area contributed by atoms with E-state index in [4.69, 9.17) is 9.47 Å². The van der Waals surface area contributed by atoms with Gasteiger partial charge < -0.3 is 25.0 Å². The fourth-order valence-electron chi connectivity index (χ4n) is 3.08. The third kappa shape index (κ3) is 7.46. The zero-order chi connectivity index (χ0) is 19.6. The van der Waals surface area contributed by atoms with Crippen molar-refractivity contribution in [2.24, 2.45) is 10.9 Å². The maximum Gasteiger partial charge on any atom is 0.225 e. The standard InChI is InChI=1S/C20H32N4O3.HI/c1-15(2)19(25)24-11-9-17(13-24)23-20(21-3)22-10-12-27-14-16-7-5-6-8-18(16)26-4;/h5-8,15,17H,9-14H2,1-4H3,(H2,21,22,23);1H. The quantitative estimate of drug-likeness (QED) is 0.246. The second-order valence-electron chi connectivity index (χ2n) is 6.93. The average molecular weight is 504 g/mol. The van der Waals surface area contributed by atoms with E-state index in [0.29, 0.717) is 19.8 Å². The maximum absolute atomic E-state index is 12.1. The lowest BCUT2D eigenvalue weighted by molar-refractivity contribution is -0.133. The summed E-state index contributed by atoms with van der Waals surface area (Å²) in [6.45, 7) is 7.11. The molecule has 1 amide bonds. The van der Waals surface area contributed by atoms with Crippen LogP contribution in [-0.4, -0.2) is 63.2 Å². The van der Waals surface area contributed by atoms with Crippen LogP contribution in [0.25, 0.3) is 0 Å². The molecule has 0 aromatic heterocycles. The van der Waals surface area contributed by atoms with Crippen molar-refractivity contribution in [2.45, 2.75) is 32.9 Å². The Bertz CT molecular complexity index is 640. The fraction of sp³-hybridized carbons (Fsp3) is 0.600. The number of halogens is 1. The maximum atomic E-state index is 12.1. The van der Waals surface area contributed by atoms with Crippen LogP contribution in [0.5, 0.6) is 5.75 Å². The van der Waals surface area contributed by atoms with Crippen molar-refractivity contribution in [2.75, 3.05) is 40.4 Å². The summed E-state index contributed by atoms with van der Waals surface area (Å²) in [5, 5.41) is 6.64. The normalized spacial score (nSPS) is 16.7. The minimum Gasteiger partial charge on any atom is -0.496 e. The molecule has 0 radical (unpaired) electrons. The first-order valence-corrected chi connectivity index (χ1v) is 9.50. The summed E-state index contributed by atoms with van der Waals surface area (Å²) in [5.74, 6) is 1.83. The monoisotopic (exact) mass is 504 g/mol. The number of carbonyl (C=O) groups is 1. The second-order valence-corrected chi connectivity index (χ2v) is 6.93. The van der Waals surface area contributed by atoms with Crippen LogP contribution in [0.4, 0.5) is 0 Å². The van der Waals surface area contributed by atoms with E-state index < -0.39 is 0 Å². The molecule has 1 aliphatic heterocycles. The molecular formula is C20H33IN4O3. The number of likely N-dealkylation sites (tertiary alicyclic amines) is 1. The summed E-state index contributed by atoms with van der Waals surface area (Å²) in [5.41, 5.74) is 1.03. The molecule has 28 heavy (non-hydrogen) atoms. The van der Waals surface area contributed by atoms with Gasteiger partial charge in [0.1, 0.15) is 5.75 Å². The summed E-state index contributed by atoms with van der Waals surface area (Å²) in [6, 6.07) is 8.07. The van der Waals surface area contributed by atoms with Crippen LogP contribution >= 0.6 is 24.0 Å². The molecule has 1 heterocycles. The molecule has 1 fully saturated rings. The van der Waals surface area contributed by atoms with E-state index in [0.717, 1.165) is 36.8 Å². The van der Waals surface area contributed by atoms with E-state index in [2.05, 4.69) is 15.6 Å². The molecular weight excluding hydrogens is 471 g/mol. The Morgan fingerprint density at radius 2 is 2.11 bits per heavy atom. The van der Waals surface area contributed by atoms with Gasteiger partial charge in [-0.1, -0.05) is 32.0 Å². The lowest BCUT2D eigenvalue weighted by atomic mass is 10.2. The highest BCUT2D eigenvalue weighted by Crippen LogP contribution is 2.17. The van der Waals surface area contributed by atoms with Gasteiger partial charge in [0.15, 0.2) is 5.96 Å². The number of ether oxygens (including phenoxy) is 2. The zero-order valence-corrected chi connectivity index (χ0v) is 19.6. The largest absolute Gasteiger partial charge is 0.496 e. The minimum absolute atomic E-state index is 0. The third-order valence-electron chi connectivity index (χ3n) is 4.55. The van der Waals surface area contributed by atoms with Gasteiger partial charge in [-0.3, -0.25) is 9.79 Å². The van der Waals surface area contributed by atoms with E-state index in [9.17, 15) is 4.79 Å². The number of nitrogens with zero attached hydrogens (tertiary/aromatic N) is 2. The van der Waals surface area contributed by atoms with Crippen molar-refractivity contribution in [1.29, 1.82) is 0 Å². The van der Waals surface area contributed by atoms with E-state index in [1.165, 1.54) is 0 Å². The zero-order valence-electron chi connectivity index (χ0n) is 17.2. The Balaban J connectivity index is 0.00000392. The number of hydrogen-bond donors (Lipinski definition) is 2. The van der Waals surface area contributed by atoms with Gasteiger partial charge in [-0.05, 0) is 12.5 Å². The number of nitrogens with one attached hydrogen (secondary N) is 2. The Hall–Kier alpha value is -1.55. The number of rotatable bonds is 8. The van der Waals surface area contributed by atoms with E-state index >= 15 is 0 Å². The van der Waals surface area contributed by atoms with E-state index in [1.807, 2.05) is 43.0 Å². The van der Waals surface area contributed by atoms with Crippen LogP contribution in [0.15, 0.2) is 29.3 Å². The molecule has 1 unspecified atom stereocenters. The number of methoxy groups -OCH3 is 1. The third-order valence-corrected chi connectivity index (χ3v) is 4.55. The number of carbonyl (C=O) groups excluding carboxylic acids is 1. The summed E-state index contributed by atoms with van der Waals surface area (Å²) < 4.78 is 11.0. The van der Waals surface area contributed by atoms with Crippen LogP contribution in [-0.2, 0) is 16.1 Å². The van der Waals surface area contributed by atoms with Crippen LogP contribution in [0, 0.1) is 5.92 Å². The van der Waals surface area contributed by atoms with Crippen LogP contribution in [0.3, 0.4) is 0 Å². The van der Waals surface area contributed by atoms with Crippen molar-refractivity contribution < 1.29 is 14.3 Å². The van der Waals surface area contributed by atoms with Gasteiger partial charge in [-0.15, -0.1) is 24.0 Å². The van der Waals surface area contributed by atoms with Gasteiger partial charge in [0.2, 0.25) is 5.91 Å².